The number of nitrogens with zero attached hydrogens (tertiary/aromatic N) is 4. The van der Waals surface area contributed by atoms with Crippen molar-refractivity contribution >= 4 is 23.2 Å². The molecule has 0 aliphatic carbocycles. The molecule has 0 atom stereocenters. The normalized spacial score (nSPS) is 11.3. The number of ketones is 1. The summed E-state index contributed by atoms with van der Waals surface area (Å²) in [7, 11) is 0. The van der Waals surface area contributed by atoms with E-state index in [2.05, 4.69) is 10.1 Å². The Balaban J connectivity index is 1.95. The number of halogens is 1. The highest BCUT2D eigenvalue weighted by atomic mass is 32.1. The Hall–Kier alpha value is -3.11. The van der Waals surface area contributed by atoms with Crippen molar-refractivity contribution in [1.29, 1.82) is 5.26 Å². The summed E-state index contributed by atoms with van der Waals surface area (Å²) < 4.78 is 15.5. The standard InChI is InChI=1S/C17H11FN4OS/c1-11-4-5-24-17(11)16(23)13(8-19)6-12-2-3-15(14(18)7-12)22-10-20-9-21-22/h2-7,9-10H,1H3/b13-6+. The summed E-state index contributed by atoms with van der Waals surface area (Å²) in [6.45, 7) is 1.81. The highest BCUT2D eigenvalue weighted by Crippen LogP contribution is 2.22. The zero-order valence-electron chi connectivity index (χ0n) is 12.6. The summed E-state index contributed by atoms with van der Waals surface area (Å²) in [6, 6.07) is 8.10. The van der Waals surface area contributed by atoms with Gasteiger partial charge in [-0.15, -0.1) is 11.3 Å². The van der Waals surface area contributed by atoms with Crippen LogP contribution in [0.1, 0.15) is 20.8 Å². The molecule has 0 saturated carbocycles. The van der Waals surface area contributed by atoms with Crippen molar-refractivity contribution in [3.63, 3.8) is 0 Å². The number of carbonyl (C=O) groups is 1. The van der Waals surface area contributed by atoms with Gasteiger partial charge in [-0.2, -0.15) is 10.4 Å². The maximum Gasteiger partial charge on any atom is 0.213 e. The summed E-state index contributed by atoms with van der Waals surface area (Å²) in [6.07, 6.45) is 4.08. The van der Waals surface area contributed by atoms with Crippen LogP contribution in [0.4, 0.5) is 4.39 Å². The van der Waals surface area contributed by atoms with Gasteiger partial charge in [-0.3, -0.25) is 4.79 Å². The maximum atomic E-state index is 14.2. The van der Waals surface area contributed by atoms with Crippen LogP contribution in [-0.2, 0) is 0 Å². The lowest BCUT2D eigenvalue weighted by Gasteiger charge is -2.04. The van der Waals surface area contributed by atoms with Crippen LogP contribution in [0.3, 0.4) is 0 Å². The van der Waals surface area contributed by atoms with Crippen LogP contribution in [0.2, 0.25) is 0 Å². The van der Waals surface area contributed by atoms with Gasteiger partial charge in [0.05, 0.1) is 4.88 Å². The highest BCUT2D eigenvalue weighted by molar-refractivity contribution is 7.12. The largest absolute Gasteiger partial charge is 0.287 e. The Bertz CT molecular complexity index is 967. The number of thiophene rings is 1. The van der Waals surface area contributed by atoms with Gasteiger partial charge in [0, 0.05) is 0 Å². The van der Waals surface area contributed by atoms with Gasteiger partial charge in [-0.1, -0.05) is 6.07 Å². The van der Waals surface area contributed by atoms with Crippen LogP contribution in [0.5, 0.6) is 0 Å². The summed E-state index contributed by atoms with van der Waals surface area (Å²) in [4.78, 5) is 16.7. The van der Waals surface area contributed by atoms with E-state index in [9.17, 15) is 14.4 Å². The van der Waals surface area contributed by atoms with Gasteiger partial charge in [-0.05, 0) is 47.7 Å². The number of nitriles is 1. The van der Waals surface area contributed by atoms with E-state index in [0.717, 1.165) is 5.56 Å². The third-order valence-electron chi connectivity index (χ3n) is 3.38. The molecule has 5 nitrogen and oxygen atoms in total. The molecule has 0 saturated heterocycles. The number of carbonyl (C=O) groups excluding carboxylic acids is 1. The van der Waals surface area contributed by atoms with Crippen molar-refractivity contribution in [1.82, 2.24) is 14.8 Å². The lowest BCUT2D eigenvalue weighted by Crippen LogP contribution is -2.02. The van der Waals surface area contributed by atoms with Crippen LogP contribution >= 0.6 is 11.3 Å². The van der Waals surface area contributed by atoms with Gasteiger partial charge in [0.25, 0.3) is 0 Å². The van der Waals surface area contributed by atoms with E-state index < -0.39 is 5.82 Å². The monoisotopic (exact) mass is 338 g/mol. The molecule has 118 valence electrons. The first kappa shape index (κ1) is 15.8. The molecule has 3 rings (SSSR count). The van der Waals surface area contributed by atoms with E-state index in [1.54, 1.807) is 11.4 Å². The molecule has 2 heterocycles. The second-order valence-electron chi connectivity index (χ2n) is 4.98. The fourth-order valence-electron chi connectivity index (χ4n) is 2.17. The molecular formula is C17H11FN4OS. The molecule has 3 aromatic rings. The predicted octanol–water partition coefficient (Wildman–Crippen LogP) is 3.57. The van der Waals surface area contributed by atoms with Crippen molar-refractivity contribution in [3.8, 4) is 11.8 Å². The first-order valence-electron chi connectivity index (χ1n) is 6.95. The molecule has 0 unspecified atom stereocenters. The quantitative estimate of drug-likeness (QED) is 0.414. The second-order valence-corrected chi connectivity index (χ2v) is 5.90. The molecule has 0 spiro atoms. The number of rotatable bonds is 4. The molecule has 0 bridgehead atoms. The van der Waals surface area contributed by atoms with E-state index in [0.29, 0.717) is 10.4 Å². The molecule has 0 aliphatic rings. The Morgan fingerprint density at radius 1 is 1.42 bits per heavy atom. The van der Waals surface area contributed by atoms with Crippen molar-refractivity contribution in [2.75, 3.05) is 0 Å². The SMILES string of the molecule is Cc1ccsc1C(=O)/C(C#N)=C/c1ccc(-n2cncn2)c(F)c1. The van der Waals surface area contributed by atoms with Gasteiger partial charge < -0.3 is 0 Å². The number of hydrogen-bond acceptors (Lipinski definition) is 5. The molecule has 0 N–H and O–H groups in total. The molecule has 0 aliphatic heterocycles. The second kappa shape index (κ2) is 6.56. The number of aromatic nitrogens is 3. The average Bonchev–Trinajstić information content (AvgIpc) is 3.23. The Kier molecular flexibility index (Phi) is 4.31. The van der Waals surface area contributed by atoms with E-state index in [4.69, 9.17) is 0 Å². The van der Waals surface area contributed by atoms with Gasteiger partial charge in [-0.25, -0.2) is 14.1 Å². The molecule has 0 amide bonds. The first-order chi connectivity index (χ1) is 11.6. The van der Waals surface area contributed by atoms with Crippen LogP contribution < -0.4 is 0 Å². The topological polar surface area (TPSA) is 71.6 Å². The summed E-state index contributed by atoms with van der Waals surface area (Å²) in [5.74, 6) is -0.878. The van der Waals surface area contributed by atoms with Gasteiger partial charge >= 0.3 is 0 Å². The number of hydrogen-bond donors (Lipinski definition) is 0. The van der Waals surface area contributed by atoms with Gasteiger partial charge in [0.1, 0.15) is 35.8 Å². The van der Waals surface area contributed by atoms with Gasteiger partial charge in [0.2, 0.25) is 5.78 Å². The summed E-state index contributed by atoms with van der Waals surface area (Å²) in [5.41, 5.74) is 1.45. The summed E-state index contributed by atoms with van der Waals surface area (Å²) in [5, 5.41) is 14.9. The van der Waals surface area contributed by atoms with Crippen molar-refractivity contribution in [2.24, 2.45) is 0 Å². The maximum absolute atomic E-state index is 14.2. The Labute approximate surface area is 141 Å². The van der Waals surface area contributed by atoms with Crippen LogP contribution in [0.15, 0.2) is 47.9 Å². The van der Waals surface area contributed by atoms with E-state index in [1.165, 1.54) is 46.9 Å². The molecule has 0 radical (unpaired) electrons. The lowest BCUT2D eigenvalue weighted by molar-refractivity contribution is 0.104. The number of allylic oxidation sites excluding steroid dienone is 1. The highest BCUT2D eigenvalue weighted by Gasteiger charge is 2.16. The number of Topliss-reactive ketones (excluding diaryl/α,β-unsaturated/α-hetero) is 1. The Morgan fingerprint density at radius 2 is 2.25 bits per heavy atom. The first-order valence-corrected chi connectivity index (χ1v) is 7.83. The number of aryl methyl sites for hydroxylation is 1. The molecule has 2 aromatic heterocycles. The third-order valence-corrected chi connectivity index (χ3v) is 4.40. The van der Waals surface area contributed by atoms with Crippen LogP contribution in [-0.4, -0.2) is 20.5 Å². The van der Waals surface area contributed by atoms with Gasteiger partial charge in [0.15, 0.2) is 0 Å². The molecule has 0 fully saturated rings. The fraction of sp³-hybridized carbons (Fsp3) is 0.0588. The van der Waals surface area contributed by atoms with E-state index >= 15 is 0 Å². The fourth-order valence-corrected chi connectivity index (χ4v) is 3.05. The average molecular weight is 338 g/mol. The number of benzene rings is 1. The minimum atomic E-state index is -0.522. The Morgan fingerprint density at radius 3 is 2.83 bits per heavy atom. The van der Waals surface area contributed by atoms with Crippen molar-refractivity contribution < 1.29 is 9.18 Å². The van der Waals surface area contributed by atoms with E-state index in [1.807, 2.05) is 19.1 Å². The predicted molar refractivity (Wildman–Crippen MR) is 88.3 cm³/mol. The minimum absolute atomic E-state index is 0.0338. The molecule has 24 heavy (non-hydrogen) atoms. The lowest BCUT2D eigenvalue weighted by atomic mass is 10.0. The molecule has 7 heteroatoms. The van der Waals surface area contributed by atoms with Crippen molar-refractivity contribution in [3.05, 3.63) is 69.7 Å². The smallest absolute Gasteiger partial charge is 0.213 e. The van der Waals surface area contributed by atoms with Crippen molar-refractivity contribution in [2.45, 2.75) is 6.92 Å². The zero-order chi connectivity index (χ0) is 17.1. The molecule has 1 aromatic carbocycles. The minimum Gasteiger partial charge on any atom is -0.287 e. The third kappa shape index (κ3) is 3.00. The van der Waals surface area contributed by atoms with E-state index in [-0.39, 0.29) is 17.0 Å². The summed E-state index contributed by atoms with van der Waals surface area (Å²) >= 11 is 1.28. The zero-order valence-corrected chi connectivity index (χ0v) is 13.4. The van der Waals surface area contributed by atoms with Crippen LogP contribution in [0.25, 0.3) is 11.8 Å². The molecular weight excluding hydrogens is 327 g/mol. The van der Waals surface area contributed by atoms with Crippen LogP contribution in [0, 0.1) is 24.1 Å².